The van der Waals surface area contributed by atoms with E-state index in [4.69, 9.17) is 9.47 Å². The van der Waals surface area contributed by atoms with Crippen LogP contribution in [0.15, 0.2) is 23.1 Å². The summed E-state index contributed by atoms with van der Waals surface area (Å²) in [5.41, 5.74) is -1.16. The highest BCUT2D eigenvalue weighted by atomic mass is 32.2. The van der Waals surface area contributed by atoms with Crippen molar-refractivity contribution >= 4 is 21.8 Å². The summed E-state index contributed by atoms with van der Waals surface area (Å²) in [6, 6.07) is 4.09. The Bertz CT molecular complexity index is 910. The fourth-order valence-electron chi connectivity index (χ4n) is 4.23. The first kappa shape index (κ1) is 22.4. The van der Waals surface area contributed by atoms with E-state index in [1.807, 2.05) is 0 Å². The minimum Gasteiger partial charge on any atom is -0.493 e. The summed E-state index contributed by atoms with van der Waals surface area (Å²) in [4.78, 5) is 26.9. The van der Waals surface area contributed by atoms with E-state index in [0.717, 1.165) is 19.3 Å². The van der Waals surface area contributed by atoms with Gasteiger partial charge in [-0.05, 0) is 37.8 Å². The molecule has 9 heteroatoms. The van der Waals surface area contributed by atoms with Gasteiger partial charge in [-0.25, -0.2) is 13.1 Å². The molecule has 1 saturated carbocycles. The third kappa shape index (κ3) is 4.40. The number of nitrogens with one attached hydrogen (secondary N) is 1. The molecule has 2 fully saturated rings. The van der Waals surface area contributed by atoms with Crippen LogP contribution in [0, 0.1) is 5.92 Å². The van der Waals surface area contributed by atoms with Crippen LogP contribution in [-0.2, 0) is 19.6 Å². The summed E-state index contributed by atoms with van der Waals surface area (Å²) in [6.45, 7) is 2.08. The van der Waals surface area contributed by atoms with Gasteiger partial charge in [-0.3, -0.25) is 9.59 Å². The van der Waals surface area contributed by atoms with Crippen molar-refractivity contribution in [3.05, 3.63) is 18.2 Å². The maximum absolute atomic E-state index is 12.8. The summed E-state index contributed by atoms with van der Waals surface area (Å²) in [5.74, 6) is 0.423. The third-order valence-electron chi connectivity index (χ3n) is 6.34. The second-order valence-electron chi connectivity index (χ2n) is 8.21. The predicted molar refractivity (Wildman–Crippen MR) is 111 cm³/mol. The molecule has 1 aliphatic carbocycles. The number of rotatable bonds is 8. The molecule has 1 aliphatic heterocycles. The van der Waals surface area contributed by atoms with Crippen molar-refractivity contribution in [3.8, 4) is 11.5 Å². The molecule has 1 heterocycles. The maximum atomic E-state index is 12.8. The minimum absolute atomic E-state index is 0.0886. The van der Waals surface area contributed by atoms with E-state index < -0.39 is 21.5 Å². The first-order chi connectivity index (χ1) is 14.2. The molecular weight excluding hydrogens is 408 g/mol. The molecule has 8 nitrogen and oxygen atoms in total. The van der Waals surface area contributed by atoms with Crippen LogP contribution in [-0.4, -0.2) is 51.4 Å². The molecule has 2 amide bonds. The van der Waals surface area contributed by atoms with Gasteiger partial charge in [-0.2, -0.15) is 0 Å². The second-order valence-corrected chi connectivity index (χ2v) is 9.89. The smallest absolute Gasteiger partial charge is 0.264 e. The lowest BCUT2D eigenvalue weighted by atomic mass is 9.85. The van der Waals surface area contributed by atoms with Crippen LogP contribution in [0.2, 0.25) is 0 Å². The van der Waals surface area contributed by atoms with Crippen molar-refractivity contribution in [2.75, 3.05) is 20.8 Å². The highest BCUT2D eigenvalue weighted by molar-refractivity contribution is 7.90. The molecular formula is C21H30N2O6S. The maximum Gasteiger partial charge on any atom is 0.264 e. The molecule has 1 N–H and O–H groups in total. The Morgan fingerprint density at radius 2 is 1.83 bits per heavy atom. The Balaban J connectivity index is 1.67. The summed E-state index contributed by atoms with van der Waals surface area (Å²) in [5, 5.41) is 0. The van der Waals surface area contributed by atoms with Crippen LogP contribution in [0.4, 0.5) is 0 Å². The number of ether oxygens (including phenoxy) is 2. The van der Waals surface area contributed by atoms with Gasteiger partial charge in [0.15, 0.2) is 11.5 Å². The molecule has 166 valence electrons. The Morgan fingerprint density at radius 1 is 1.17 bits per heavy atom. The first-order valence-electron chi connectivity index (χ1n) is 10.3. The molecule has 30 heavy (non-hydrogen) atoms. The van der Waals surface area contributed by atoms with Gasteiger partial charge in [0.25, 0.3) is 15.9 Å². The van der Waals surface area contributed by atoms with Crippen LogP contribution >= 0.6 is 0 Å². The topological polar surface area (TPSA) is 102 Å². The van der Waals surface area contributed by atoms with Gasteiger partial charge in [0, 0.05) is 19.0 Å². The molecule has 0 radical (unpaired) electrons. The fraction of sp³-hybridized carbons (Fsp3) is 0.619. The fourth-order valence-corrected chi connectivity index (χ4v) is 5.32. The lowest BCUT2D eigenvalue weighted by Gasteiger charge is -2.49. The molecule has 1 aromatic carbocycles. The Hall–Kier alpha value is -2.29. The number of methoxy groups -OCH3 is 2. The number of amides is 2. The standard InChI is InChI=1S/C21H30N2O6S/c1-21(12-13-23(21)19(24)11-8-15-6-4-5-7-15)20(25)22-30(26,27)16-9-10-17(28-2)18(14-16)29-3/h9-10,14-15H,4-8,11-13H2,1-3H3,(H,22,25). The number of carbonyl (C=O) groups is 2. The summed E-state index contributed by atoms with van der Waals surface area (Å²) < 4.78 is 37.9. The van der Waals surface area contributed by atoms with Crippen molar-refractivity contribution in [1.29, 1.82) is 0 Å². The average molecular weight is 439 g/mol. The van der Waals surface area contributed by atoms with Crippen molar-refractivity contribution < 1.29 is 27.5 Å². The predicted octanol–water partition coefficient (Wildman–Crippen LogP) is 2.47. The SMILES string of the molecule is COc1ccc(S(=O)(=O)NC(=O)C2(C)CCN2C(=O)CCC2CCCC2)cc1OC. The van der Waals surface area contributed by atoms with E-state index in [2.05, 4.69) is 4.72 Å². The summed E-state index contributed by atoms with van der Waals surface area (Å²) >= 11 is 0. The number of sulfonamides is 1. The zero-order valence-corrected chi connectivity index (χ0v) is 18.6. The van der Waals surface area contributed by atoms with Gasteiger partial charge in [0.2, 0.25) is 5.91 Å². The van der Waals surface area contributed by atoms with Gasteiger partial charge in [-0.15, -0.1) is 0 Å². The molecule has 0 aromatic heterocycles. The molecule has 0 spiro atoms. The summed E-state index contributed by atoms with van der Waals surface area (Å²) in [6.07, 6.45) is 6.42. The number of hydrogen-bond donors (Lipinski definition) is 1. The highest BCUT2D eigenvalue weighted by Crippen LogP contribution is 2.34. The Labute approximate surface area is 178 Å². The van der Waals surface area contributed by atoms with E-state index in [9.17, 15) is 18.0 Å². The van der Waals surface area contributed by atoms with Gasteiger partial charge in [-0.1, -0.05) is 25.7 Å². The zero-order chi connectivity index (χ0) is 21.9. The van der Waals surface area contributed by atoms with Crippen LogP contribution in [0.5, 0.6) is 11.5 Å². The van der Waals surface area contributed by atoms with E-state index >= 15 is 0 Å². The molecule has 1 saturated heterocycles. The highest BCUT2D eigenvalue weighted by Gasteiger charge is 2.50. The molecule has 2 aliphatic rings. The van der Waals surface area contributed by atoms with Crippen molar-refractivity contribution in [1.82, 2.24) is 9.62 Å². The largest absolute Gasteiger partial charge is 0.493 e. The van der Waals surface area contributed by atoms with Crippen molar-refractivity contribution in [2.45, 2.75) is 62.3 Å². The zero-order valence-electron chi connectivity index (χ0n) is 17.8. The van der Waals surface area contributed by atoms with Gasteiger partial charge >= 0.3 is 0 Å². The van der Waals surface area contributed by atoms with Gasteiger partial charge < -0.3 is 14.4 Å². The third-order valence-corrected chi connectivity index (χ3v) is 7.67. The monoisotopic (exact) mass is 438 g/mol. The number of likely N-dealkylation sites (tertiary alicyclic amines) is 1. The molecule has 1 aromatic rings. The van der Waals surface area contributed by atoms with E-state index in [0.29, 0.717) is 31.1 Å². The number of carbonyl (C=O) groups excluding carboxylic acids is 2. The number of nitrogens with zero attached hydrogens (tertiary/aromatic N) is 1. The average Bonchev–Trinajstić information content (AvgIpc) is 3.23. The number of benzene rings is 1. The first-order valence-corrected chi connectivity index (χ1v) is 11.8. The number of hydrogen-bond acceptors (Lipinski definition) is 6. The molecule has 3 rings (SSSR count). The van der Waals surface area contributed by atoms with Gasteiger partial charge in [0.05, 0.1) is 19.1 Å². The molecule has 1 unspecified atom stereocenters. The quantitative estimate of drug-likeness (QED) is 0.669. The van der Waals surface area contributed by atoms with E-state index in [1.165, 1.54) is 50.2 Å². The Morgan fingerprint density at radius 3 is 2.40 bits per heavy atom. The Kier molecular flexibility index (Phi) is 6.59. The molecule has 0 bridgehead atoms. The van der Waals surface area contributed by atoms with Crippen LogP contribution < -0.4 is 14.2 Å². The van der Waals surface area contributed by atoms with Crippen LogP contribution in [0.25, 0.3) is 0 Å². The second kappa shape index (κ2) is 8.83. The van der Waals surface area contributed by atoms with Crippen molar-refractivity contribution in [2.24, 2.45) is 5.92 Å². The lowest BCUT2D eigenvalue weighted by molar-refractivity contribution is -0.156. The van der Waals surface area contributed by atoms with Gasteiger partial charge in [0.1, 0.15) is 5.54 Å². The minimum atomic E-state index is -4.12. The molecule has 1 atom stereocenters. The normalized spacial score (nSPS) is 21.8. The van der Waals surface area contributed by atoms with E-state index in [1.54, 1.807) is 6.92 Å². The van der Waals surface area contributed by atoms with E-state index in [-0.39, 0.29) is 16.6 Å². The summed E-state index contributed by atoms with van der Waals surface area (Å²) in [7, 11) is -1.28. The van der Waals surface area contributed by atoms with Crippen molar-refractivity contribution in [3.63, 3.8) is 0 Å². The van der Waals surface area contributed by atoms with Crippen LogP contribution in [0.3, 0.4) is 0 Å². The van der Waals surface area contributed by atoms with Crippen LogP contribution in [0.1, 0.15) is 51.9 Å². The lowest BCUT2D eigenvalue weighted by Crippen LogP contribution is -2.67.